The molecule has 6 nitrogen and oxygen atoms in total. The van der Waals surface area contributed by atoms with Gasteiger partial charge >= 0.3 is 0 Å². The summed E-state index contributed by atoms with van der Waals surface area (Å²) in [6, 6.07) is 5.00. The lowest BCUT2D eigenvalue weighted by atomic mass is 10.1. The van der Waals surface area contributed by atoms with E-state index in [0.29, 0.717) is 23.6 Å². The number of hydrogen-bond acceptors (Lipinski definition) is 4. The first kappa shape index (κ1) is 18.7. The number of sulfonamides is 1. The summed E-state index contributed by atoms with van der Waals surface area (Å²) in [6.45, 7) is 0.964. The summed E-state index contributed by atoms with van der Waals surface area (Å²) in [6.07, 6.45) is 2.93. The van der Waals surface area contributed by atoms with Crippen LogP contribution in [0.4, 0.5) is 0 Å². The Labute approximate surface area is 150 Å². The smallest absolute Gasteiger partial charge is 0.248 e. The molecule has 1 amide bonds. The highest BCUT2D eigenvalue weighted by Crippen LogP contribution is 2.27. The average molecular weight is 425 g/mol. The van der Waals surface area contributed by atoms with Crippen molar-refractivity contribution in [2.75, 3.05) is 13.1 Å². The molecule has 2 atom stereocenters. The van der Waals surface area contributed by atoms with Crippen LogP contribution < -0.4 is 11.1 Å². The molecule has 2 aliphatic rings. The third-order valence-electron chi connectivity index (χ3n) is 4.28. The van der Waals surface area contributed by atoms with Crippen LogP contribution in [0.1, 0.15) is 29.6 Å². The van der Waals surface area contributed by atoms with Gasteiger partial charge in [0.05, 0.1) is 4.90 Å². The number of primary amides is 1. The van der Waals surface area contributed by atoms with Gasteiger partial charge in [-0.15, -0.1) is 12.4 Å². The number of amides is 1. The highest BCUT2D eigenvalue weighted by molar-refractivity contribution is 9.10. The lowest BCUT2D eigenvalue weighted by Crippen LogP contribution is -2.39. The molecule has 9 heteroatoms. The van der Waals surface area contributed by atoms with Gasteiger partial charge in [-0.3, -0.25) is 4.79 Å². The Morgan fingerprint density at radius 1 is 1.22 bits per heavy atom. The van der Waals surface area contributed by atoms with Crippen LogP contribution in [0, 0.1) is 0 Å². The Morgan fingerprint density at radius 2 is 1.91 bits per heavy atom. The van der Waals surface area contributed by atoms with Crippen LogP contribution in [0.25, 0.3) is 0 Å². The van der Waals surface area contributed by atoms with Gasteiger partial charge in [0.25, 0.3) is 0 Å². The molecule has 0 spiro atoms. The second-order valence-electron chi connectivity index (χ2n) is 5.83. The van der Waals surface area contributed by atoms with E-state index in [0.717, 1.165) is 19.3 Å². The molecule has 0 radical (unpaired) electrons. The van der Waals surface area contributed by atoms with Crippen molar-refractivity contribution in [3.05, 3.63) is 28.2 Å². The Bertz CT molecular complexity index is 713. The van der Waals surface area contributed by atoms with E-state index in [9.17, 15) is 13.2 Å². The molecule has 1 aromatic rings. The van der Waals surface area contributed by atoms with E-state index < -0.39 is 15.9 Å². The number of nitrogens with zero attached hydrogens (tertiary/aromatic N) is 1. The molecule has 23 heavy (non-hydrogen) atoms. The van der Waals surface area contributed by atoms with Gasteiger partial charge in [-0.25, -0.2) is 8.42 Å². The number of carbonyl (C=O) groups is 1. The van der Waals surface area contributed by atoms with Gasteiger partial charge in [0.15, 0.2) is 0 Å². The number of hydrogen-bond donors (Lipinski definition) is 2. The lowest BCUT2D eigenvalue weighted by molar-refractivity contribution is 0.1000. The van der Waals surface area contributed by atoms with Crippen molar-refractivity contribution in [1.82, 2.24) is 9.62 Å². The molecule has 2 unspecified atom stereocenters. The maximum absolute atomic E-state index is 12.9. The van der Waals surface area contributed by atoms with Crippen LogP contribution in [0.5, 0.6) is 0 Å². The molecule has 128 valence electrons. The third-order valence-corrected chi connectivity index (χ3v) is 6.58. The number of rotatable bonds is 3. The van der Waals surface area contributed by atoms with E-state index in [2.05, 4.69) is 21.2 Å². The standard InChI is InChI=1S/C14H18BrN3O3S.ClH/c15-10-5-9(14(16)19)6-13(7-10)22(20,21)18-4-3-11-1-2-12(8-18)17-11;/h5-7,11-12,17H,1-4,8H2,(H2,16,19);1H. The Hall–Kier alpha value is -0.670. The summed E-state index contributed by atoms with van der Waals surface area (Å²) in [5, 5.41) is 3.46. The molecular weight excluding hydrogens is 406 g/mol. The van der Waals surface area contributed by atoms with E-state index in [1.165, 1.54) is 22.5 Å². The number of nitrogens with two attached hydrogens (primary N) is 1. The van der Waals surface area contributed by atoms with Crippen LogP contribution in [-0.4, -0.2) is 43.8 Å². The molecule has 3 rings (SSSR count). The van der Waals surface area contributed by atoms with E-state index in [1.54, 1.807) is 0 Å². The second-order valence-corrected chi connectivity index (χ2v) is 8.68. The van der Waals surface area contributed by atoms with Gasteiger partial charge in [-0.05, 0) is 37.5 Å². The third kappa shape index (κ3) is 3.88. The summed E-state index contributed by atoms with van der Waals surface area (Å²) in [7, 11) is -3.63. The predicted molar refractivity (Wildman–Crippen MR) is 93.2 cm³/mol. The number of fused-ring (bicyclic) bond motifs is 2. The van der Waals surface area contributed by atoms with E-state index >= 15 is 0 Å². The number of carbonyl (C=O) groups excluding carboxylic acids is 1. The quantitative estimate of drug-likeness (QED) is 0.769. The molecule has 2 saturated heterocycles. The summed E-state index contributed by atoms with van der Waals surface area (Å²) in [5.74, 6) is -0.644. The molecule has 2 fully saturated rings. The average Bonchev–Trinajstić information content (AvgIpc) is 2.76. The first-order valence-electron chi connectivity index (χ1n) is 7.23. The van der Waals surface area contributed by atoms with Gasteiger partial charge in [-0.1, -0.05) is 15.9 Å². The summed E-state index contributed by atoms with van der Waals surface area (Å²) in [4.78, 5) is 11.5. The largest absolute Gasteiger partial charge is 0.366 e. The van der Waals surface area contributed by atoms with E-state index in [4.69, 9.17) is 5.73 Å². The monoisotopic (exact) mass is 423 g/mol. The minimum absolute atomic E-state index is 0. The van der Waals surface area contributed by atoms with Crippen LogP contribution in [0.2, 0.25) is 0 Å². The van der Waals surface area contributed by atoms with Crippen LogP contribution in [0.3, 0.4) is 0 Å². The van der Waals surface area contributed by atoms with E-state index in [1.807, 2.05) is 0 Å². The molecule has 0 aromatic heterocycles. The molecule has 0 aliphatic carbocycles. The maximum Gasteiger partial charge on any atom is 0.248 e. The van der Waals surface area contributed by atoms with Crippen LogP contribution in [0.15, 0.2) is 27.6 Å². The normalized spacial score (nSPS) is 24.7. The van der Waals surface area contributed by atoms with Gasteiger partial charge in [0.1, 0.15) is 0 Å². The molecule has 1 aromatic carbocycles. The zero-order valence-corrected chi connectivity index (χ0v) is 15.6. The highest BCUT2D eigenvalue weighted by Gasteiger charge is 2.35. The molecule has 2 bridgehead atoms. The van der Waals surface area contributed by atoms with Crippen LogP contribution in [-0.2, 0) is 10.0 Å². The summed E-state index contributed by atoms with van der Waals surface area (Å²) >= 11 is 3.24. The van der Waals surface area contributed by atoms with Crippen molar-refractivity contribution in [2.45, 2.75) is 36.2 Å². The van der Waals surface area contributed by atoms with Crippen molar-refractivity contribution >= 4 is 44.3 Å². The lowest BCUT2D eigenvalue weighted by Gasteiger charge is -2.24. The van der Waals surface area contributed by atoms with E-state index in [-0.39, 0.29) is 28.9 Å². The molecule has 2 heterocycles. The first-order chi connectivity index (χ1) is 10.4. The molecular formula is C14H19BrClN3O3S. The predicted octanol–water partition coefficient (Wildman–Crippen LogP) is 1.48. The van der Waals surface area contributed by atoms with Gasteiger partial charge < -0.3 is 11.1 Å². The van der Waals surface area contributed by atoms with Crippen molar-refractivity contribution in [1.29, 1.82) is 0 Å². The van der Waals surface area contributed by atoms with Crippen molar-refractivity contribution in [2.24, 2.45) is 5.73 Å². The Balaban J connectivity index is 0.00000192. The highest BCUT2D eigenvalue weighted by atomic mass is 79.9. The van der Waals surface area contributed by atoms with Crippen molar-refractivity contribution < 1.29 is 13.2 Å². The zero-order valence-electron chi connectivity index (χ0n) is 12.4. The Kier molecular flexibility index (Phi) is 5.73. The number of halogens is 2. The molecule has 3 N–H and O–H groups in total. The first-order valence-corrected chi connectivity index (χ1v) is 9.46. The van der Waals surface area contributed by atoms with Crippen LogP contribution >= 0.6 is 28.3 Å². The fraction of sp³-hybridized carbons (Fsp3) is 0.500. The number of benzene rings is 1. The van der Waals surface area contributed by atoms with Gasteiger partial charge in [0.2, 0.25) is 15.9 Å². The van der Waals surface area contributed by atoms with Gasteiger partial charge in [-0.2, -0.15) is 4.31 Å². The number of nitrogens with one attached hydrogen (secondary N) is 1. The Morgan fingerprint density at radius 3 is 2.61 bits per heavy atom. The minimum atomic E-state index is -3.63. The molecule has 0 saturated carbocycles. The SMILES string of the molecule is Cl.NC(=O)c1cc(Br)cc(S(=O)(=O)N2CCC3CCC(C2)N3)c1. The summed E-state index contributed by atoms with van der Waals surface area (Å²) in [5.41, 5.74) is 5.45. The minimum Gasteiger partial charge on any atom is -0.366 e. The zero-order chi connectivity index (χ0) is 15.9. The van der Waals surface area contributed by atoms with Crippen molar-refractivity contribution in [3.8, 4) is 0 Å². The molecule has 2 aliphatic heterocycles. The fourth-order valence-corrected chi connectivity index (χ4v) is 5.35. The van der Waals surface area contributed by atoms with Crippen molar-refractivity contribution in [3.63, 3.8) is 0 Å². The summed E-state index contributed by atoms with van der Waals surface area (Å²) < 4.78 is 27.8. The maximum atomic E-state index is 12.9. The fourth-order valence-electron chi connectivity index (χ4n) is 3.13. The topological polar surface area (TPSA) is 92.5 Å². The second kappa shape index (κ2) is 7.06. The van der Waals surface area contributed by atoms with Gasteiger partial charge in [0, 0.05) is 35.2 Å².